The van der Waals surface area contributed by atoms with Gasteiger partial charge in [0.2, 0.25) is 0 Å². The molecule has 3 rings (SSSR count). The monoisotopic (exact) mass is 354 g/mol. The lowest BCUT2D eigenvalue weighted by molar-refractivity contribution is -0.123. The highest BCUT2D eigenvalue weighted by Crippen LogP contribution is 2.33. The van der Waals surface area contributed by atoms with Gasteiger partial charge in [-0.2, -0.15) is 0 Å². The van der Waals surface area contributed by atoms with Gasteiger partial charge in [-0.15, -0.1) is 0 Å². The van der Waals surface area contributed by atoms with Crippen LogP contribution in [-0.2, 0) is 11.3 Å². The highest BCUT2D eigenvalue weighted by Gasteiger charge is 2.26. The Kier molecular flexibility index (Phi) is 5.23. The number of nitrogens with one attached hydrogen (secondary N) is 2. The van der Waals surface area contributed by atoms with Gasteiger partial charge >= 0.3 is 5.97 Å². The van der Waals surface area contributed by atoms with Crippen molar-refractivity contribution in [3.63, 3.8) is 0 Å². The summed E-state index contributed by atoms with van der Waals surface area (Å²) in [5.74, 6) is -0.369. The van der Waals surface area contributed by atoms with E-state index in [9.17, 15) is 9.59 Å². The fourth-order valence-electron chi connectivity index (χ4n) is 2.90. The van der Waals surface area contributed by atoms with E-state index in [1.807, 2.05) is 38.1 Å². The van der Waals surface area contributed by atoms with E-state index in [-0.39, 0.29) is 17.5 Å². The van der Waals surface area contributed by atoms with E-state index in [1.165, 1.54) is 0 Å². The van der Waals surface area contributed by atoms with Crippen LogP contribution in [0, 0.1) is 0 Å². The molecule has 1 amide bonds. The quantitative estimate of drug-likeness (QED) is 0.740. The molecule has 0 radical (unpaired) electrons. The van der Waals surface area contributed by atoms with E-state index in [4.69, 9.17) is 9.84 Å². The average Bonchev–Trinajstić information content (AvgIpc) is 2.65. The standard InChI is InChI=1S/C20H22N2O4/c1-3-17-19(23)22-16-8-7-14(10-18(16)26-17)12(2)21-11-13-5-4-6-15(9-13)20(24)25/h4-10,12,17,21H,3,11H2,1-2H3,(H,22,23)(H,24,25). The second-order valence-electron chi connectivity index (χ2n) is 6.37. The first-order chi connectivity index (χ1) is 12.5. The number of hydrogen-bond acceptors (Lipinski definition) is 4. The lowest BCUT2D eigenvalue weighted by Gasteiger charge is -2.26. The molecule has 0 aliphatic carbocycles. The summed E-state index contributed by atoms with van der Waals surface area (Å²) >= 11 is 0. The summed E-state index contributed by atoms with van der Waals surface area (Å²) in [4.78, 5) is 22.9. The van der Waals surface area contributed by atoms with Gasteiger partial charge < -0.3 is 20.5 Å². The molecule has 0 aromatic heterocycles. The zero-order chi connectivity index (χ0) is 18.7. The van der Waals surface area contributed by atoms with Gasteiger partial charge in [-0.05, 0) is 48.7 Å². The molecule has 0 spiro atoms. The molecule has 0 saturated heterocycles. The first kappa shape index (κ1) is 17.9. The molecule has 1 aliphatic heterocycles. The first-order valence-electron chi connectivity index (χ1n) is 8.65. The number of fused-ring (bicyclic) bond motifs is 1. The molecule has 1 heterocycles. The lowest BCUT2D eigenvalue weighted by Crippen LogP contribution is -2.36. The van der Waals surface area contributed by atoms with Gasteiger partial charge in [-0.1, -0.05) is 25.1 Å². The minimum Gasteiger partial charge on any atom is -0.478 e. The maximum absolute atomic E-state index is 11.9. The number of carboxylic acids is 1. The molecule has 0 fully saturated rings. The van der Waals surface area contributed by atoms with Crippen LogP contribution in [0.5, 0.6) is 5.75 Å². The number of rotatable bonds is 6. The maximum Gasteiger partial charge on any atom is 0.335 e. The molecule has 26 heavy (non-hydrogen) atoms. The Labute approximate surface area is 152 Å². The Morgan fingerprint density at radius 2 is 2.12 bits per heavy atom. The summed E-state index contributed by atoms with van der Waals surface area (Å²) in [6.45, 7) is 4.49. The van der Waals surface area contributed by atoms with Crippen molar-refractivity contribution >= 4 is 17.6 Å². The Balaban J connectivity index is 1.69. The van der Waals surface area contributed by atoms with Crippen LogP contribution in [-0.4, -0.2) is 23.1 Å². The third-order valence-electron chi connectivity index (χ3n) is 4.48. The molecule has 3 N–H and O–H groups in total. The minimum atomic E-state index is -0.931. The highest BCUT2D eigenvalue weighted by atomic mass is 16.5. The molecular weight excluding hydrogens is 332 g/mol. The van der Waals surface area contributed by atoms with Gasteiger partial charge in [0.25, 0.3) is 5.91 Å². The number of anilines is 1. The summed E-state index contributed by atoms with van der Waals surface area (Å²) in [7, 11) is 0. The zero-order valence-corrected chi connectivity index (χ0v) is 14.8. The van der Waals surface area contributed by atoms with Crippen LogP contribution in [0.1, 0.15) is 47.8 Å². The molecule has 2 atom stereocenters. The lowest BCUT2D eigenvalue weighted by atomic mass is 10.0. The van der Waals surface area contributed by atoms with E-state index >= 15 is 0 Å². The SMILES string of the molecule is CCC1Oc2cc(C(C)NCc3cccc(C(=O)O)c3)ccc2NC1=O. The van der Waals surface area contributed by atoms with Crippen molar-refractivity contribution in [3.05, 3.63) is 59.2 Å². The Bertz CT molecular complexity index is 834. The topological polar surface area (TPSA) is 87.7 Å². The van der Waals surface area contributed by atoms with Crippen molar-refractivity contribution in [3.8, 4) is 5.75 Å². The van der Waals surface area contributed by atoms with E-state index in [0.717, 1.165) is 11.1 Å². The number of amides is 1. The number of carboxylic acid groups (broad SMARTS) is 1. The van der Waals surface area contributed by atoms with Gasteiger partial charge in [0.15, 0.2) is 6.10 Å². The summed E-state index contributed by atoms with van der Waals surface area (Å²) < 4.78 is 5.78. The molecule has 2 unspecified atom stereocenters. The van der Waals surface area contributed by atoms with Gasteiger partial charge in [-0.25, -0.2) is 4.79 Å². The Morgan fingerprint density at radius 1 is 1.31 bits per heavy atom. The normalized spacial score (nSPS) is 17.0. The van der Waals surface area contributed by atoms with Crippen LogP contribution in [0.15, 0.2) is 42.5 Å². The van der Waals surface area contributed by atoms with E-state index in [0.29, 0.717) is 24.4 Å². The van der Waals surface area contributed by atoms with Gasteiger partial charge in [0.05, 0.1) is 11.3 Å². The van der Waals surface area contributed by atoms with Crippen LogP contribution < -0.4 is 15.4 Å². The Morgan fingerprint density at radius 3 is 2.85 bits per heavy atom. The van der Waals surface area contributed by atoms with Crippen molar-refractivity contribution in [2.24, 2.45) is 0 Å². The van der Waals surface area contributed by atoms with Crippen LogP contribution in [0.4, 0.5) is 5.69 Å². The average molecular weight is 354 g/mol. The summed E-state index contributed by atoms with van der Waals surface area (Å²) in [6, 6.07) is 12.6. The fourth-order valence-corrected chi connectivity index (χ4v) is 2.90. The zero-order valence-electron chi connectivity index (χ0n) is 14.8. The van der Waals surface area contributed by atoms with Crippen molar-refractivity contribution < 1.29 is 19.4 Å². The third kappa shape index (κ3) is 3.86. The maximum atomic E-state index is 11.9. The summed E-state index contributed by atoms with van der Waals surface area (Å²) in [5, 5.41) is 15.3. The fraction of sp³-hybridized carbons (Fsp3) is 0.300. The molecule has 2 aromatic rings. The second kappa shape index (κ2) is 7.58. The minimum absolute atomic E-state index is 0.0371. The van der Waals surface area contributed by atoms with Crippen molar-refractivity contribution in [1.29, 1.82) is 0 Å². The summed E-state index contributed by atoms with van der Waals surface area (Å²) in [5.41, 5.74) is 2.90. The molecule has 2 aromatic carbocycles. The molecule has 0 bridgehead atoms. The predicted octanol–water partition coefficient (Wildman–Crippen LogP) is 3.35. The molecular formula is C20H22N2O4. The number of ether oxygens (including phenoxy) is 1. The third-order valence-corrected chi connectivity index (χ3v) is 4.48. The van der Waals surface area contributed by atoms with Gasteiger partial charge in [-0.3, -0.25) is 4.79 Å². The Hall–Kier alpha value is -2.86. The highest BCUT2D eigenvalue weighted by molar-refractivity contribution is 5.97. The van der Waals surface area contributed by atoms with Crippen LogP contribution >= 0.6 is 0 Å². The largest absolute Gasteiger partial charge is 0.478 e. The number of aromatic carboxylic acids is 1. The van der Waals surface area contributed by atoms with Crippen LogP contribution in [0.2, 0.25) is 0 Å². The number of carbonyl (C=O) groups is 2. The predicted molar refractivity (Wildman–Crippen MR) is 98.4 cm³/mol. The van der Waals surface area contributed by atoms with Gasteiger partial charge in [0.1, 0.15) is 5.75 Å². The van der Waals surface area contributed by atoms with E-state index in [1.54, 1.807) is 18.2 Å². The molecule has 1 aliphatic rings. The second-order valence-corrected chi connectivity index (χ2v) is 6.37. The van der Waals surface area contributed by atoms with Crippen molar-refractivity contribution in [2.75, 3.05) is 5.32 Å². The van der Waals surface area contributed by atoms with Gasteiger partial charge in [0, 0.05) is 12.6 Å². The van der Waals surface area contributed by atoms with Crippen LogP contribution in [0.25, 0.3) is 0 Å². The number of hydrogen-bond donors (Lipinski definition) is 3. The van der Waals surface area contributed by atoms with Crippen LogP contribution in [0.3, 0.4) is 0 Å². The molecule has 6 nitrogen and oxygen atoms in total. The molecule has 6 heteroatoms. The van der Waals surface area contributed by atoms with Crippen molar-refractivity contribution in [1.82, 2.24) is 5.32 Å². The van der Waals surface area contributed by atoms with E-state index in [2.05, 4.69) is 10.6 Å². The van der Waals surface area contributed by atoms with E-state index < -0.39 is 12.1 Å². The smallest absolute Gasteiger partial charge is 0.335 e. The number of carbonyl (C=O) groups excluding carboxylic acids is 1. The molecule has 0 saturated carbocycles. The molecule has 136 valence electrons. The first-order valence-corrected chi connectivity index (χ1v) is 8.65. The summed E-state index contributed by atoms with van der Waals surface area (Å²) in [6.07, 6.45) is 0.156. The van der Waals surface area contributed by atoms with Crippen molar-refractivity contribution in [2.45, 2.75) is 39.0 Å². The number of benzene rings is 2.